The molecule has 2 aromatic heterocycles. The fourth-order valence-corrected chi connectivity index (χ4v) is 2.60. The van der Waals surface area contributed by atoms with Gasteiger partial charge in [0.25, 0.3) is 0 Å². The Morgan fingerprint density at radius 1 is 1.33 bits per heavy atom. The second-order valence-electron chi connectivity index (χ2n) is 5.89. The molecule has 0 aliphatic heterocycles. The molecule has 0 aliphatic rings. The van der Waals surface area contributed by atoms with Crippen LogP contribution >= 0.6 is 0 Å². The average molecular weight is 329 g/mol. The van der Waals surface area contributed by atoms with E-state index in [1.165, 1.54) is 12.1 Å². The highest BCUT2D eigenvalue weighted by molar-refractivity contribution is 5.77. The molecule has 2 heterocycles. The molecule has 6 nitrogen and oxygen atoms in total. The second-order valence-corrected chi connectivity index (χ2v) is 5.89. The van der Waals surface area contributed by atoms with Crippen LogP contribution in [0.4, 0.5) is 4.39 Å². The van der Waals surface area contributed by atoms with Crippen LogP contribution in [0.15, 0.2) is 18.2 Å². The zero-order valence-electron chi connectivity index (χ0n) is 14.0. The topological polar surface area (TPSA) is 75.6 Å². The maximum atomic E-state index is 13.2. The van der Waals surface area contributed by atoms with Crippen LogP contribution in [0, 0.1) is 26.6 Å². The molecule has 3 rings (SSSR count). The van der Waals surface area contributed by atoms with Gasteiger partial charge in [-0.2, -0.15) is 5.10 Å². The fraction of sp³-hybridized carbons (Fsp3) is 0.353. The van der Waals surface area contributed by atoms with Crippen molar-refractivity contribution in [3.05, 3.63) is 46.8 Å². The van der Waals surface area contributed by atoms with E-state index in [1.54, 1.807) is 6.07 Å². The van der Waals surface area contributed by atoms with Crippen molar-refractivity contribution in [3.63, 3.8) is 0 Å². The maximum Gasteiger partial charge on any atom is 0.222 e. The van der Waals surface area contributed by atoms with Crippen LogP contribution in [0.25, 0.3) is 11.0 Å². The molecule has 0 bridgehead atoms. The minimum Gasteiger partial charge on any atom is -0.349 e. The quantitative estimate of drug-likeness (QED) is 0.755. The summed E-state index contributed by atoms with van der Waals surface area (Å²) < 4.78 is 15.0. The van der Waals surface area contributed by atoms with E-state index in [4.69, 9.17) is 0 Å². The van der Waals surface area contributed by atoms with E-state index in [2.05, 4.69) is 20.4 Å². The summed E-state index contributed by atoms with van der Waals surface area (Å²) in [6.45, 7) is 6.81. The van der Waals surface area contributed by atoms with E-state index in [1.807, 2.05) is 25.5 Å². The van der Waals surface area contributed by atoms with E-state index in [0.717, 1.165) is 17.0 Å². The molecule has 126 valence electrons. The number of imidazole rings is 1. The van der Waals surface area contributed by atoms with Gasteiger partial charge in [-0.1, -0.05) is 0 Å². The first kappa shape index (κ1) is 16.2. The van der Waals surface area contributed by atoms with Gasteiger partial charge in [0, 0.05) is 18.7 Å². The summed E-state index contributed by atoms with van der Waals surface area (Å²) in [5, 5.41) is 7.24. The largest absolute Gasteiger partial charge is 0.349 e. The molecule has 1 aromatic carbocycles. The van der Waals surface area contributed by atoms with Crippen molar-refractivity contribution in [2.24, 2.45) is 0 Å². The van der Waals surface area contributed by atoms with Gasteiger partial charge < -0.3 is 10.3 Å². The van der Waals surface area contributed by atoms with Gasteiger partial charge in [-0.3, -0.25) is 9.48 Å². The number of benzene rings is 1. The number of aryl methyl sites for hydroxylation is 2. The number of hydrogen-bond acceptors (Lipinski definition) is 3. The van der Waals surface area contributed by atoms with E-state index in [9.17, 15) is 9.18 Å². The van der Waals surface area contributed by atoms with Gasteiger partial charge in [-0.05, 0) is 44.5 Å². The first-order chi connectivity index (χ1) is 11.4. The van der Waals surface area contributed by atoms with Crippen LogP contribution in [0.1, 0.15) is 29.2 Å². The second kappa shape index (κ2) is 6.43. The lowest BCUT2D eigenvalue weighted by molar-refractivity contribution is -0.121. The fourth-order valence-electron chi connectivity index (χ4n) is 2.60. The summed E-state index contributed by atoms with van der Waals surface area (Å²) in [5.41, 5.74) is 4.53. The standard InChI is InChI=1S/C17H20FN5O/c1-10-11(2)22-23(12(10)3)7-6-17(24)19-9-16-20-14-5-4-13(18)8-15(14)21-16/h4-5,8H,6-7,9H2,1-3H3,(H,19,24)(H,20,21). The Labute approximate surface area is 139 Å². The van der Waals surface area contributed by atoms with Gasteiger partial charge in [0.15, 0.2) is 0 Å². The molecule has 0 saturated heterocycles. The van der Waals surface area contributed by atoms with E-state index in [0.29, 0.717) is 29.8 Å². The Bertz CT molecular complexity index is 896. The Morgan fingerprint density at radius 2 is 2.12 bits per heavy atom. The van der Waals surface area contributed by atoms with Crippen LogP contribution in [0.5, 0.6) is 0 Å². The number of aromatic nitrogens is 4. The minimum absolute atomic E-state index is 0.0770. The Hall–Kier alpha value is -2.70. The molecule has 2 N–H and O–H groups in total. The lowest BCUT2D eigenvalue weighted by Gasteiger charge is -2.05. The molecule has 0 aliphatic carbocycles. The Kier molecular flexibility index (Phi) is 4.33. The number of amides is 1. The zero-order chi connectivity index (χ0) is 17.3. The molecule has 24 heavy (non-hydrogen) atoms. The smallest absolute Gasteiger partial charge is 0.222 e. The molecule has 0 unspecified atom stereocenters. The first-order valence-corrected chi connectivity index (χ1v) is 7.85. The van der Waals surface area contributed by atoms with Gasteiger partial charge in [-0.25, -0.2) is 9.37 Å². The van der Waals surface area contributed by atoms with Crippen molar-refractivity contribution >= 4 is 16.9 Å². The highest BCUT2D eigenvalue weighted by atomic mass is 19.1. The van der Waals surface area contributed by atoms with Gasteiger partial charge in [0.05, 0.1) is 23.3 Å². The van der Waals surface area contributed by atoms with Gasteiger partial charge in [-0.15, -0.1) is 0 Å². The number of carbonyl (C=O) groups excluding carboxylic acids is 1. The molecule has 0 saturated carbocycles. The van der Waals surface area contributed by atoms with Gasteiger partial charge in [0.1, 0.15) is 11.6 Å². The zero-order valence-corrected chi connectivity index (χ0v) is 14.0. The normalized spacial score (nSPS) is 11.2. The lowest BCUT2D eigenvalue weighted by atomic mass is 10.2. The SMILES string of the molecule is Cc1nn(CCC(=O)NCc2nc3ccc(F)cc3[nH]2)c(C)c1C. The van der Waals surface area contributed by atoms with E-state index < -0.39 is 0 Å². The van der Waals surface area contributed by atoms with Crippen molar-refractivity contribution in [1.29, 1.82) is 0 Å². The third-order valence-corrected chi connectivity index (χ3v) is 4.24. The van der Waals surface area contributed by atoms with Crippen molar-refractivity contribution in [2.45, 2.75) is 40.3 Å². The monoisotopic (exact) mass is 329 g/mol. The highest BCUT2D eigenvalue weighted by Crippen LogP contribution is 2.13. The number of H-pyrrole nitrogens is 1. The van der Waals surface area contributed by atoms with Crippen molar-refractivity contribution in [3.8, 4) is 0 Å². The molecule has 1 amide bonds. The molecule has 3 aromatic rings. The number of halogens is 1. The summed E-state index contributed by atoms with van der Waals surface area (Å²) in [6.07, 6.45) is 0.344. The molecule has 0 radical (unpaired) electrons. The lowest BCUT2D eigenvalue weighted by Crippen LogP contribution is -2.24. The Morgan fingerprint density at radius 3 is 2.83 bits per heavy atom. The van der Waals surface area contributed by atoms with Crippen LogP contribution in [0.3, 0.4) is 0 Å². The predicted octanol–water partition coefficient (Wildman–Crippen LogP) is 2.53. The molecule has 7 heteroatoms. The third-order valence-electron chi connectivity index (χ3n) is 4.24. The summed E-state index contributed by atoms with van der Waals surface area (Å²) in [7, 11) is 0. The number of rotatable bonds is 5. The number of nitrogens with zero attached hydrogens (tertiary/aromatic N) is 3. The van der Waals surface area contributed by atoms with E-state index in [-0.39, 0.29) is 18.3 Å². The Balaban J connectivity index is 1.55. The molecular weight excluding hydrogens is 309 g/mol. The highest BCUT2D eigenvalue weighted by Gasteiger charge is 2.10. The molecule has 0 fully saturated rings. The minimum atomic E-state index is -0.318. The van der Waals surface area contributed by atoms with Crippen molar-refractivity contribution in [1.82, 2.24) is 25.1 Å². The molecule has 0 atom stereocenters. The van der Waals surface area contributed by atoms with Crippen molar-refractivity contribution < 1.29 is 9.18 Å². The third kappa shape index (κ3) is 3.29. The summed E-state index contributed by atoms with van der Waals surface area (Å²) >= 11 is 0. The van der Waals surface area contributed by atoms with E-state index >= 15 is 0 Å². The van der Waals surface area contributed by atoms with Crippen molar-refractivity contribution in [2.75, 3.05) is 0 Å². The predicted molar refractivity (Wildman–Crippen MR) is 89.0 cm³/mol. The van der Waals surface area contributed by atoms with Crippen LogP contribution in [-0.4, -0.2) is 25.7 Å². The van der Waals surface area contributed by atoms with Gasteiger partial charge >= 0.3 is 0 Å². The number of carbonyl (C=O) groups is 1. The average Bonchev–Trinajstić information content (AvgIpc) is 3.06. The molecular formula is C17H20FN5O. The number of fused-ring (bicyclic) bond motifs is 1. The van der Waals surface area contributed by atoms with Crippen LogP contribution < -0.4 is 5.32 Å². The molecule has 0 spiro atoms. The summed E-state index contributed by atoms with van der Waals surface area (Å²) in [5.74, 6) is 0.208. The first-order valence-electron chi connectivity index (χ1n) is 7.85. The van der Waals surface area contributed by atoms with Gasteiger partial charge in [0.2, 0.25) is 5.91 Å². The maximum absolute atomic E-state index is 13.2. The van der Waals surface area contributed by atoms with Crippen LogP contribution in [0.2, 0.25) is 0 Å². The summed E-state index contributed by atoms with van der Waals surface area (Å²) in [4.78, 5) is 19.3. The number of nitrogens with one attached hydrogen (secondary N) is 2. The van der Waals surface area contributed by atoms with Crippen LogP contribution in [-0.2, 0) is 17.9 Å². The number of aromatic amines is 1. The summed E-state index contributed by atoms with van der Waals surface area (Å²) in [6, 6.07) is 4.36. The number of hydrogen-bond donors (Lipinski definition) is 2.